The molecule has 0 radical (unpaired) electrons. The fourth-order valence-corrected chi connectivity index (χ4v) is 2.49. The van der Waals surface area contributed by atoms with E-state index in [-0.39, 0.29) is 17.7 Å². The van der Waals surface area contributed by atoms with Crippen molar-refractivity contribution in [3.8, 4) is 0 Å². The average molecular weight is 382 g/mol. The number of rotatable bonds is 5. The SMILES string of the molecule is CCOC(=O)/C(C=Nc1cc(Cl)cc(Cl)c1)=C(\O)c1ccccc1F. The third kappa shape index (κ3) is 5.05. The molecule has 0 unspecified atom stereocenters. The average Bonchev–Trinajstić information content (AvgIpc) is 2.54. The van der Waals surface area contributed by atoms with E-state index in [1.165, 1.54) is 42.5 Å². The molecule has 2 aromatic carbocycles. The van der Waals surface area contributed by atoms with Crippen LogP contribution in [0.3, 0.4) is 0 Å². The van der Waals surface area contributed by atoms with Gasteiger partial charge >= 0.3 is 5.97 Å². The fourth-order valence-electron chi connectivity index (χ4n) is 1.97. The molecule has 4 nitrogen and oxygen atoms in total. The third-order valence-corrected chi connectivity index (χ3v) is 3.51. The van der Waals surface area contributed by atoms with Gasteiger partial charge in [0.15, 0.2) is 0 Å². The van der Waals surface area contributed by atoms with E-state index in [9.17, 15) is 14.3 Å². The van der Waals surface area contributed by atoms with Crippen LogP contribution in [-0.4, -0.2) is 23.9 Å². The van der Waals surface area contributed by atoms with Gasteiger partial charge in [0, 0.05) is 16.3 Å². The number of aliphatic hydroxyl groups is 1. The molecule has 0 heterocycles. The lowest BCUT2D eigenvalue weighted by molar-refractivity contribution is -0.137. The van der Waals surface area contributed by atoms with E-state index in [1.54, 1.807) is 6.92 Å². The molecular weight excluding hydrogens is 368 g/mol. The molecule has 7 heteroatoms. The first-order valence-corrected chi connectivity index (χ1v) is 8.03. The molecule has 0 atom stereocenters. The molecule has 130 valence electrons. The Labute approximate surface area is 154 Å². The standard InChI is InChI=1S/C18H14Cl2FNO3/c1-2-25-18(24)15(17(23)14-5-3-4-6-16(14)21)10-22-13-8-11(19)7-12(20)9-13/h3-10,23H,2H2,1H3/b17-15-,22-10?. The minimum atomic E-state index is -0.833. The summed E-state index contributed by atoms with van der Waals surface area (Å²) in [6.45, 7) is 1.70. The van der Waals surface area contributed by atoms with Crippen LogP contribution in [0, 0.1) is 5.82 Å². The van der Waals surface area contributed by atoms with Gasteiger partial charge in [0.2, 0.25) is 0 Å². The monoisotopic (exact) mass is 381 g/mol. The zero-order valence-electron chi connectivity index (χ0n) is 13.2. The van der Waals surface area contributed by atoms with Crippen LogP contribution in [0.2, 0.25) is 10.0 Å². The molecule has 0 aliphatic heterocycles. The first-order valence-electron chi connectivity index (χ1n) is 7.27. The number of esters is 1. The van der Waals surface area contributed by atoms with Crippen molar-refractivity contribution in [2.75, 3.05) is 6.61 Å². The molecule has 0 saturated heterocycles. The van der Waals surface area contributed by atoms with Gasteiger partial charge in [-0.2, -0.15) is 0 Å². The first-order chi connectivity index (χ1) is 11.9. The maximum absolute atomic E-state index is 13.9. The Morgan fingerprint density at radius 2 is 1.88 bits per heavy atom. The second kappa shape index (κ2) is 8.65. The Hall–Kier alpha value is -2.37. The number of ether oxygens (including phenoxy) is 1. The topological polar surface area (TPSA) is 58.9 Å². The van der Waals surface area contributed by atoms with Crippen LogP contribution in [0.15, 0.2) is 53.0 Å². The van der Waals surface area contributed by atoms with Crippen molar-refractivity contribution in [1.82, 2.24) is 0 Å². The summed E-state index contributed by atoms with van der Waals surface area (Å²) in [5.41, 5.74) is -0.0650. The molecule has 0 aromatic heterocycles. The number of carbonyl (C=O) groups excluding carboxylic acids is 1. The molecule has 0 amide bonds. The number of aliphatic imine (C=N–C) groups is 1. The molecule has 0 aliphatic carbocycles. The summed E-state index contributed by atoms with van der Waals surface area (Å²) >= 11 is 11.8. The van der Waals surface area contributed by atoms with Crippen molar-refractivity contribution in [3.63, 3.8) is 0 Å². The van der Waals surface area contributed by atoms with Crippen LogP contribution < -0.4 is 0 Å². The van der Waals surface area contributed by atoms with E-state index < -0.39 is 17.5 Å². The van der Waals surface area contributed by atoms with Gasteiger partial charge in [-0.05, 0) is 37.3 Å². The van der Waals surface area contributed by atoms with Gasteiger partial charge in [-0.1, -0.05) is 35.3 Å². The minimum Gasteiger partial charge on any atom is -0.506 e. The predicted molar refractivity (Wildman–Crippen MR) is 97.2 cm³/mol. The lowest BCUT2D eigenvalue weighted by Gasteiger charge is -2.07. The maximum Gasteiger partial charge on any atom is 0.343 e. The van der Waals surface area contributed by atoms with Crippen molar-refractivity contribution < 1.29 is 19.0 Å². The van der Waals surface area contributed by atoms with Gasteiger partial charge in [0.25, 0.3) is 0 Å². The Morgan fingerprint density at radius 3 is 2.48 bits per heavy atom. The molecule has 1 N–H and O–H groups in total. The van der Waals surface area contributed by atoms with Crippen molar-refractivity contribution in [2.24, 2.45) is 4.99 Å². The van der Waals surface area contributed by atoms with Gasteiger partial charge in [-0.25, -0.2) is 9.18 Å². The predicted octanol–water partition coefficient (Wildman–Crippen LogP) is 5.37. The fraction of sp³-hybridized carbons (Fsp3) is 0.111. The molecule has 0 aliphatic rings. The molecule has 25 heavy (non-hydrogen) atoms. The van der Waals surface area contributed by atoms with E-state index in [0.29, 0.717) is 15.7 Å². The molecule has 0 fully saturated rings. The normalized spacial score (nSPS) is 12.2. The number of halogens is 3. The van der Waals surface area contributed by atoms with Gasteiger partial charge in [0.05, 0.1) is 17.9 Å². The minimum absolute atomic E-state index is 0.0870. The Morgan fingerprint density at radius 1 is 1.24 bits per heavy atom. The highest BCUT2D eigenvalue weighted by Gasteiger charge is 2.18. The van der Waals surface area contributed by atoms with Crippen molar-refractivity contribution in [2.45, 2.75) is 6.92 Å². The van der Waals surface area contributed by atoms with Crippen LogP contribution in [0.5, 0.6) is 0 Å². The number of benzene rings is 2. The van der Waals surface area contributed by atoms with Crippen LogP contribution in [0.1, 0.15) is 12.5 Å². The van der Waals surface area contributed by atoms with Crippen LogP contribution in [0.25, 0.3) is 5.76 Å². The van der Waals surface area contributed by atoms with Gasteiger partial charge in [-0.15, -0.1) is 0 Å². The number of hydrogen-bond acceptors (Lipinski definition) is 4. The zero-order valence-corrected chi connectivity index (χ0v) is 14.7. The number of hydrogen-bond donors (Lipinski definition) is 1. The number of nitrogens with zero attached hydrogens (tertiary/aromatic N) is 1. The highest BCUT2D eigenvalue weighted by atomic mass is 35.5. The summed E-state index contributed by atoms with van der Waals surface area (Å²) in [6, 6.07) is 10.1. The molecule has 0 bridgehead atoms. The van der Waals surface area contributed by atoms with Gasteiger partial charge in [-0.3, -0.25) is 4.99 Å². The highest BCUT2D eigenvalue weighted by molar-refractivity contribution is 6.35. The summed E-state index contributed by atoms with van der Waals surface area (Å²) in [5, 5.41) is 11.1. The number of aliphatic hydroxyl groups excluding tert-OH is 1. The van der Waals surface area contributed by atoms with E-state index in [0.717, 1.165) is 6.21 Å². The Balaban J connectivity index is 2.49. The molecule has 2 rings (SSSR count). The summed E-state index contributed by atoms with van der Waals surface area (Å²) in [5.74, 6) is -2.09. The molecule has 2 aromatic rings. The second-order valence-corrected chi connectivity index (χ2v) is 5.72. The van der Waals surface area contributed by atoms with Crippen molar-refractivity contribution >= 4 is 46.8 Å². The van der Waals surface area contributed by atoms with Crippen LogP contribution in [-0.2, 0) is 9.53 Å². The summed E-state index contributed by atoms with van der Waals surface area (Å²) in [4.78, 5) is 16.2. The van der Waals surface area contributed by atoms with Crippen molar-refractivity contribution in [3.05, 3.63) is 69.5 Å². The lowest BCUT2D eigenvalue weighted by atomic mass is 10.1. The van der Waals surface area contributed by atoms with Crippen LogP contribution >= 0.6 is 23.2 Å². The van der Waals surface area contributed by atoms with E-state index in [4.69, 9.17) is 27.9 Å². The largest absolute Gasteiger partial charge is 0.506 e. The summed E-state index contributed by atoms with van der Waals surface area (Å²) < 4.78 is 18.8. The Kier molecular flexibility index (Phi) is 6.56. The third-order valence-electron chi connectivity index (χ3n) is 3.07. The van der Waals surface area contributed by atoms with E-state index >= 15 is 0 Å². The number of carbonyl (C=O) groups is 1. The first kappa shape index (κ1) is 19.0. The Bertz CT molecular complexity index is 830. The molecule has 0 spiro atoms. The van der Waals surface area contributed by atoms with Crippen molar-refractivity contribution in [1.29, 1.82) is 0 Å². The quantitative estimate of drug-likeness (QED) is 0.328. The maximum atomic E-state index is 13.9. The second-order valence-electron chi connectivity index (χ2n) is 4.85. The van der Waals surface area contributed by atoms with Gasteiger partial charge in [0.1, 0.15) is 17.1 Å². The molecular formula is C18H14Cl2FNO3. The zero-order chi connectivity index (χ0) is 18.4. The van der Waals surface area contributed by atoms with Gasteiger partial charge < -0.3 is 9.84 Å². The van der Waals surface area contributed by atoms with E-state index in [2.05, 4.69) is 4.99 Å². The summed E-state index contributed by atoms with van der Waals surface area (Å²) in [7, 11) is 0. The lowest BCUT2D eigenvalue weighted by Crippen LogP contribution is -2.11. The summed E-state index contributed by atoms with van der Waals surface area (Å²) in [6.07, 6.45) is 1.09. The molecule has 0 saturated carbocycles. The highest BCUT2D eigenvalue weighted by Crippen LogP contribution is 2.25. The smallest absolute Gasteiger partial charge is 0.343 e. The van der Waals surface area contributed by atoms with E-state index in [1.807, 2.05) is 0 Å². The van der Waals surface area contributed by atoms with Crippen LogP contribution in [0.4, 0.5) is 10.1 Å².